The number of likely N-dealkylation sites (N-methyl/N-ethyl adjacent to an activating group) is 1. The van der Waals surface area contributed by atoms with E-state index < -0.39 is 32.2 Å². The Morgan fingerprint density at radius 1 is 1.29 bits per heavy atom. The Kier molecular flexibility index (Phi) is 4.23. The molecule has 1 aliphatic rings. The highest BCUT2D eigenvalue weighted by molar-refractivity contribution is 7.89. The first-order valence-electron chi connectivity index (χ1n) is 6.56. The molecule has 21 heavy (non-hydrogen) atoms. The van der Waals surface area contributed by atoms with Gasteiger partial charge < -0.3 is 10.6 Å². The van der Waals surface area contributed by atoms with Gasteiger partial charge in [0.2, 0.25) is 10.0 Å². The van der Waals surface area contributed by atoms with Crippen molar-refractivity contribution in [3.8, 4) is 0 Å². The van der Waals surface area contributed by atoms with Gasteiger partial charge in [-0.15, -0.1) is 0 Å². The Morgan fingerprint density at radius 2 is 1.90 bits per heavy atom. The van der Waals surface area contributed by atoms with Crippen molar-refractivity contribution in [3.63, 3.8) is 0 Å². The van der Waals surface area contributed by atoms with Gasteiger partial charge in [-0.2, -0.15) is 4.31 Å². The molecule has 0 radical (unpaired) electrons. The van der Waals surface area contributed by atoms with E-state index in [1.807, 2.05) is 25.9 Å². The Labute approximate surface area is 123 Å². The molecule has 2 N–H and O–H groups in total. The molecule has 0 aromatic heterocycles. The molecule has 118 valence electrons. The summed E-state index contributed by atoms with van der Waals surface area (Å²) in [5.41, 5.74) is 4.47. The topological polar surface area (TPSA) is 66.6 Å². The van der Waals surface area contributed by atoms with Crippen molar-refractivity contribution >= 4 is 15.7 Å². The molecule has 0 amide bonds. The molecule has 0 saturated carbocycles. The highest BCUT2D eigenvalue weighted by atomic mass is 32.2. The SMILES string of the molecule is CC1CN(S(=O)(=O)c2ccc(F)c(N)c2F)CC1N(C)C. The highest BCUT2D eigenvalue weighted by Gasteiger charge is 2.39. The lowest BCUT2D eigenvalue weighted by atomic mass is 10.1. The van der Waals surface area contributed by atoms with Crippen LogP contribution in [0.4, 0.5) is 14.5 Å². The van der Waals surface area contributed by atoms with Crippen LogP contribution in [0.15, 0.2) is 17.0 Å². The van der Waals surface area contributed by atoms with Crippen LogP contribution in [0.25, 0.3) is 0 Å². The Bertz CT molecular complexity index is 649. The zero-order chi connectivity index (χ0) is 15.9. The fourth-order valence-electron chi connectivity index (χ4n) is 2.66. The van der Waals surface area contributed by atoms with Crippen LogP contribution in [0.1, 0.15) is 6.92 Å². The smallest absolute Gasteiger partial charge is 0.246 e. The molecular formula is C13H19F2N3O2S. The predicted molar refractivity (Wildman–Crippen MR) is 76.2 cm³/mol. The number of nitrogens with zero attached hydrogens (tertiary/aromatic N) is 2. The van der Waals surface area contributed by atoms with Crippen molar-refractivity contribution in [1.29, 1.82) is 0 Å². The van der Waals surface area contributed by atoms with Crippen LogP contribution in [0.2, 0.25) is 0 Å². The fourth-order valence-corrected chi connectivity index (χ4v) is 4.30. The molecule has 2 atom stereocenters. The fraction of sp³-hybridized carbons (Fsp3) is 0.538. The molecule has 1 saturated heterocycles. The molecule has 0 aliphatic carbocycles. The lowest BCUT2D eigenvalue weighted by molar-refractivity contribution is 0.263. The molecule has 1 aromatic rings. The zero-order valence-corrected chi connectivity index (χ0v) is 13.0. The molecule has 2 rings (SSSR count). The Morgan fingerprint density at radius 3 is 2.43 bits per heavy atom. The molecule has 1 aliphatic heterocycles. The Balaban J connectivity index is 2.38. The van der Waals surface area contributed by atoms with Crippen LogP contribution in [0.3, 0.4) is 0 Å². The summed E-state index contributed by atoms with van der Waals surface area (Å²) >= 11 is 0. The minimum Gasteiger partial charge on any atom is -0.394 e. The maximum atomic E-state index is 14.0. The third-order valence-corrected chi connectivity index (χ3v) is 5.76. The number of hydrogen-bond donors (Lipinski definition) is 1. The van der Waals surface area contributed by atoms with Gasteiger partial charge in [-0.05, 0) is 32.1 Å². The molecule has 0 bridgehead atoms. The summed E-state index contributed by atoms with van der Waals surface area (Å²) in [6.45, 7) is 2.50. The van der Waals surface area contributed by atoms with Crippen molar-refractivity contribution in [3.05, 3.63) is 23.8 Å². The number of halogens is 2. The second-order valence-electron chi connectivity index (χ2n) is 5.60. The predicted octanol–water partition coefficient (Wildman–Crippen LogP) is 1.12. The molecule has 0 spiro atoms. The summed E-state index contributed by atoms with van der Waals surface area (Å²) in [5.74, 6) is -2.07. The van der Waals surface area contributed by atoms with Crippen LogP contribution < -0.4 is 5.73 Å². The number of anilines is 1. The first kappa shape index (κ1) is 16.1. The molecule has 5 nitrogen and oxygen atoms in total. The number of hydrogen-bond acceptors (Lipinski definition) is 4. The van der Waals surface area contributed by atoms with Crippen LogP contribution in [-0.2, 0) is 10.0 Å². The zero-order valence-electron chi connectivity index (χ0n) is 12.2. The van der Waals surface area contributed by atoms with E-state index in [1.54, 1.807) is 0 Å². The van der Waals surface area contributed by atoms with Gasteiger partial charge in [-0.1, -0.05) is 6.92 Å². The molecule has 1 fully saturated rings. The lowest BCUT2D eigenvalue weighted by Crippen LogP contribution is -2.36. The van der Waals surface area contributed by atoms with Gasteiger partial charge in [0.05, 0.1) is 0 Å². The maximum Gasteiger partial charge on any atom is 0.246 e. The summed E-state index contributed by atoms with van der Waals surface area (Å²) in [5, 5.41) is 0. The summed E-state index contributed by atoms with van der Waals surface area (Å²) < 4.78 is 53.4. The van der Waals surface area contributed by atoms with Gasteiger partial charge in [0, 0.05) is 19.1 Å². The maximum absolute atomic E-state index is 14.0. The molecule has 1 heterocycles. The summed E-state index contributed by atoms with van der Waals surface area (Å²) in [6.07, 6.45) is 0. The van der Waals surface area contributed by atoms with Crippen molar-refractivity contribution in [2.45, 2.75) is 17.9 Å². The van der Waals surface area contributed by atoms with Gasteiger partial charge in [0.25, 0.3) is 0 Å². The van der Waals surface area contributed by atoms with E-state index in [9.17, 15) is 17.2 Å². The van der Waals surface area contributed by atoms with Gasteiger partial charge in [0.15, 0.2) is 5.82 Å². The van der Waals surface area contributed by atoms with E-state index in [0.717, 1.165) is 12.1 Å². The molecule has 8 heteroatoms. The number of nitrogen functional groups attached to an aromatic ring is 1. The standard InChI is InChI=1S/C13H19F2N3O2S/c1-8-6-18(7-10(8)17(2)3)21(19,20)11-5-4-9(14)13(16)12(11)15/h4-5,8,10H,6-7,16H2,1-3H3. The average Bonchev–Trinajstić information content (AvgIpc) is 2.78. The third-order valence-electron chi connectivity index (χ3n) is 3.91. The van der Waals surface area contributed by atoms with Gasteiger partial charge in [0.1, 0.15) is 16.4 Å². The van der Waals surface area contributed by atoms with Crippen LogP contribution in [0, 0.1) is 17.6 Å². The summed E-state index contributed by atoms with van der Waals surface area (Å²) in [4.78, 5) is 1.36. The van der Waals surface area contributed by atoms with Crippen molar-refractivity contribution in [2.75, 3.05) is 32.9 Å². The quantitative estimate of drug-likeness (QED) is 0.848. The first-order valence-corrected chi connectivity index (χ1v) is 8.00. The monoisotopic (exact) mass is 319 g/mol. The summed E-state index contributed by atoms with van der Waals surface area (Å²) in [7, 11) is -0.285. The Hall–Kier alpha value is -1.25. The normalized spacial score (nSPS) is 23.9. The van der Waals surface area contributed by atoms with Crippen LogP contribution >= 0.6 is 0 Å². The number of sulfonamides is 1. The van der Waals surface area contributed by atoms with E-state index in [4.69, 9.17) is 5.73 Å². The molecular weight excluding hydrogens is 300 g/mol. The second kappa shape index (κ2) is 5.51. The van der Waals surface area contributed by atoms with E-state index in [1.165, 1.54) is 4.31 Å². The first-order chi connectivity index (χ1) is 9.66. The van der Waals surface area contributed by atoms with Crippen molar-refractivity contribution in [2.24, 2.45) is 5.92 Å². The van der Waals surface area contributed by atoms with Crippen LogP contribution in [0.5, 0.6) is 0 Å². The van der Waals surface area contributed by atoms with Gasteiger partial charge >= 0.3 is 0 Å². The number of rotatable bonds is 3. The summed E-state index contributed by atoms with van der Waals surface area (Å²) in [6, 6.07) is 1.85. The van der Waals surface area contributed by atoms with Gasteiger partial charge in [-0.3, -0.25) is 0 Å². The van der Waals surface area contributed by atoms with E-state index in [2.05, 4.69) is 0 Å². The van der Waals surface area contributed by atoms with Crippen LogP contribution in [-0.4, -0.2) is 50.8 Å². The van der Waals surface area contributed by atoms with E-state index in [0.29, 0.717) is 6.54 Å². The minimum atomic E-state index is -4.02. The second-order valence-corrected chi connectivity index (χ2v) is 7.51. The number of nitrogens with two attached hydrogens (primary N) is 1. The van der Waals surface area contributed by atoms with Gasteiger partial charge in [-0.25, -0.2) is 17.2 Å². The average molecular weight is 319 g/mol. The van der Waals surface area contributed by atoms with E-state index in [-0.39, 0.29) is 18.5 Å². The largest absolute Gasteiger partial charge is 0.394 e. The molecule has 1 aromatic carbocycles. The van der Waals surface area contributed by atoms with E-state index >= 15 is 0 Å². The highest BCUT2D eigenvalue weighted by Crippen LogP contribution is 2.30. The minimum absolute atomic E-state index is 0.0561. The van der Waals surface area contributed by atoms with Crippen molar-refractivity contribution < 1.29 is 17.2 Å². The third kappa shape index (κ3) is 2.75. The lowest BCUT2D eigenvalue weighted by Gasteiger charge is -2.22. The van der Waals surface area contributed by atoms with Crippen molar-refractivity contribution in [1.82, 2.24) is 9.21 Å². The molecule has 2 unspecified atom stereocenters. The number of benzene rings is 1.